The molecule has 0 bridgehead atoms. The van der Waals surface area contributed by atoms with Crippen LogP contribution in [0, 0.1) is 0 Å². The Bertz CT molecular complexity index is 542. The van der Waals surface area contributed by atoms with Gasteiger partial charge in [-0.15, -0.1) is 5.10 Å². The molecule has 1 aromatic rings. The Hall–Kier alpha value is -2.15. The Labute approximate surface area is 113 Å². The number of carbonyl (C=O) groups excluding carboxylic acids is 1. The smallest absolute Gasteiger partial charge is 0.305 e. The third-order valence-electron chi connectivity index (χ3n) is 2.29. The van der Waals surface area contributed by atoms with Gasteiger partial charge in [0.05, 0.1) is 12.6 Å². The zero-order valence-electron chi connectivity index (χ0n) is 9.81. The molecule has 1 aromatic carbocycles. The minimum atomic E-state index is -1.01. The van der Waals surface area contributed by atoms with Gasteiger partial charge in [0.2, 0.25) is 5.91 Å². The van der Waals surface area contributed by atoms with Crippen LogP contribution in [0.4, 0.5) is 0 Å². The number of hydrogen-bond donors (Lipinski definition) is 2. The van der Waals surface area contributed by atoms with Crippen LogP contribution >= 0.6 is 11.8 Å². The van der Waals surface area contributed by atoms with Crippen LogP contribution in [0.2, 0.25) is 0 Å². The summed E-state index contributed by atoms with van der Waals surface area (Å²) in [5.41, 5.74) is 0.892. The molecule has 0 radical (unpaired) electrons. The Morgan fingerprint density at radius 1 is 1.42 bits per heavy atom. The van der Waals surface area contributed by atoms with E-state index >= 15 is 0 Å². The molecule has 6 nitrogen and oxygen atoms in total. The van der Waals surface area contributed by atoms with Crippen molar-refractivity contribution in [1.82, 2.24) is 5.32 Å². The van der Waals surface area contributed by atoms with Gasteiger partial charge in [-0.3, -0.25) is 9.59 Å². The molecular formula is C12H11N3O3S. The number of benzene rings is 1. The fourth-order valence-electron chi connectivity index (χ4n) is 1.43. The number of carbonyl (C=O) groups is 2. The highest BCUT2D eigenvalue weighted by molar-refractivity contribution is 8.15. The number of carboxylic acid groups (broad SMARTS) is 1. The van der Waals surface area contributed by atoms with E-state index < -0.39 is 11.2 Å². The number of amides is 1. The average Bonchev–Trinajstić information content (AvgIpc) is 2.70. The monoisotopic (exact) mass is 277 g/mol. The molecule has 19 heavy (non-hydrogen) atoms. The molecule has 0 aromatic heterocycles. The number of aliphatic carboxylic acids is 1. The van der Waals surface area contributed by atoms with Gasteiger partial charge in [0.25, 0.3) is 0 Å². The number of amidine groups is 1. The van der Waals surface area contributed by atoms with Gasteiger partial charge in [0.1, 0.15) is 5.25 Å². The van der Waals surface area contributed by atoms with Crippen LogP contribution in [0.5, 0.6) is 0 Å². The lowest BCUT2D eigenvalue weighted by Gasteiger charge is -1.97. The van der Waals surface area contributed by atoms with Crippen molar-refractivity contribution >= 4 is 35.0 Å². The zero-order chi connectivity index (χ0) is 13.7. The Morgan fingerprint density at radius 2 is 2.16 bits per heavy atom. The lowest BCUT2D eigenvalue weighted by atomic mass is 10.2. The minimum absolute atomic E-state index is 0.224. The summed E-state index contributed by atoms with van der Waals surface area (Å²) in [5.74, 6) is -1.36. The first-order chi connectivity index (χ1) is 9.15. The van der Waals surface area contributed by atoms with Crippen LogP contribution in [0.1, 0.15) is 12.0 Å². The third kappa shape index (κ3) is 3.92. The fourth-order valence-corrected chi connectivity index (χ4v) is 2.35. The van der Waals surface area contributed by atoms with Crippen molar-refractivity contribution in [3.8, 4) is 0 Å². The molecule has 0 saturated carbocycles. The van der Waals surface area contributed by atoms with Crippen LogP contribution < -0.4 is 5.32 Å². The molecule has 1 aliphatic rings. The summed E-state index contributed by atoms with van der Waals surface area (Å²) in [5, 5.41) is 18.5. The van der Waals surface area contributed by atoms with Gasteiger partial charge >= 0.3 is 5.97 Å². The van der Waals surface area contributed by atoms with Gasteiger partial charge in [-0.2, -0.15) is 5.10 Å². The summed E-state index contributed by atoms with van der Waals surface area (Å²) in [6.45, 7) is 0. The van der Waals surface area contributed by atoms with Crippen LogP contribution in [-0.4, -0.2) is 33.6 Å². The van der Waals surface area contributed by atoms with E-state index in [9.17, 15) is 9.59 Å². The summed E-state index contributed by atoms with van der Waals surface area (Å²) >= 11 is 1.08. The Balaban J connectivity index is 1.96. The average molecular weight is 277 g/mol. The topological polar surface area (TPSA) is 91.1 Å². The Morgan fingerprint density at radius 3 is 2.84 bits per heavy atom. The van der Waals surface area contributed by atoms with E-state index in [-0.39, 0.29) is 12.3 Å². The Kier molecular flexibility index (Phi) is 4.30. The van der Waals surface area contributed by atoms with Crippen LogP contribution in [0.25, 0.3) is 0 Å². The normalized spacial score (nSPS) is 20.9. The molecular weight excluding hydrogens is 266 g/mol. The van der Waals surface area contributed by atoms with Crippen molar-refractivity contribution < 1.29 is 14.7 Å². The first kappa shape index (κ1) is 13.3. The summed E-state index contributed by atoms with van der Waals surface area (Å²) in [6, 6.07) is 9.40. The molecule has 1 heterocycles. The second kappa shape index (κ2) is 6.14. The molecule has 1 saturated heterocycles. The standard InChI is InChI=1S/C12H11N3O3S/c16-10(17)6-9-11(18)14-12(19-9)15-13-7-8-4-2-1-3-5-8/h1-5,7,9H,6H2,(H,16,17)(H,14,15,18)/b13-7-/t9-/m0/s1. The molecule has 0 aliphatic carbocycles. The second-order valence-corrected chi connectivity index (χ2v) is 4.95. The van der Waals surface area contributed by atoms with Gasteiger partial charge in [-0.25, -0.2) is 0 Å². The molecule has 1 fully saturated rings. The van der Waals surface area contributed by atoms with E-state index in [1.165, 1.54) is 0 Å². The fraction of sp³-hybridized carbons (Fsp3) is 0.167. The van der Waals surface area contributed by atoms with Crippen LogP contribution in [-0.2, 0) is 9.59 Å². The molecule has 2 N–H and O–H groups in total. The third-order valence-corrected chi connectivity index (χ3v) is 3.36. The van der Waals surface area contributed by atoms with Gasteiger partial charge in [0.15, 0.2) is 5.17 Å². The lowest BCUT2D eigenvalue weighted by molar-refractivity contribution is -0.138. The van der Waals surface area contributed by atoms with Crippen LogP contribution in [0.15, 0.2) is 40.5 Å². The molecule has 0 unspecified atom stereocenters. The highest BCUT2D eigenvalue weighted by Gasteiger charge is 2.32. The van der Waals surface area contributed by atoms with Crippen molar-refractivity contribution in [3.63, 3.8) is 0 Å². The number of carboxylic acids is 1. The van der Waals surface area contributed by atoms with Gasteiger partial charge in [0, 0.05) is 0 Å². The second-order valence-electron chi connectivity index (χ2n) is 3.75. The van der Waals surface area contributed by atoms with Crippen molar-refractivity contribution in [3.05, 3.63) is 35.9 Å². The molecule has 7 heteroatoms. The van der Waals surface area contributed by atoms with Gasteiger partial charge in [-0.1, -0.05) is 42.1 Å². The van der Waals surface area contributed by atoms with E-state index in [0.717, 1.165) is 17.3 Å². The molecule has 98 valence electrons. The van der Waals surface area contributed by atoms with E-state index in [2.05, 4.69) is 15.5 Å². The lowest BCUT2D eigenvalue weighted by Crippen LogP contribution is -2.26. The zero-order valence-corrected chi connectivity index (χ0v) is 10.6. The van der Waals surface area contributed by atoms with Crippen molar-refractivity contribution in [1.29, 1.82) is 0 Å². The predicted octanol–water partition coefficient (Wildman–Crippen LogP) is 1.08. The van der Waals surface area contributed by atoms with Gasteiger partial charge < -0.3 is 10.4 Å². The molecule has 1 amide bonds. The van der Waals surface area contributed by atoms with E-state index in [1.54, 1.807) is 6.21 Å². The first-order valence-electron chi connectivity index (χ1n) is 5.50. The molecule has 0 spiro atoms. The number of hydrogen-bond acceptors (Lipinski definition) is 5. The van der Waals surface area contributed by atoms with Gasteiger partial charge in [-0.05, 0) is 5.56 Å². The summed E-state index contributed by atoms with van der Waals surface area (Å²) in [6.07, 6.45) is 1.34. The first-order valence-corrected chi connectivity index (χ1v) is 6.38. The predicted molar refractivity (Wildman–Crippen MR) is 73.2 cm³/mol. The molecule has 2 rings (SSSR count). The number of nitrogens with one attached hydrogen (secondary N) is 1. The maximum atomic E-state index is 11.4. The highest BCUT2D eigenvalue weighted by Crippen LogP contribution is 2.22. The summed E-state index contributed by atoms with van der Waals surface area (Å²) in [4.78, 5) is 22.0. The summed E-state index contributed by atoms with van der Waals surface area (Å²) in [7, 11) is 0. The molecule has 1 aliphatic heterocycles. The number of rotatable bonds is 4. The highest BCUT2D eigenvalue weighted by atomic mass is 32.2. The quantitative estimate of drug-likeness (QED) is 0.636. The van der Waals surface area contributed by atoms with E-state index in [1.807, 2.05) is 30.3 Å². The maximum absolute atomic E-state index is 11.4. The minimum Gasteiger partial charge on any atom is -0.481 e. The van der Waals surface area contributed by atoms with E-state index in [0.29, 0.717) is 5.17 Å². The van der Waals surface area contributed by atoms with Crippen molar-refractivity contribution in [2.24, 2.45) is 10.2 Å². The van der Waals surface area contributed by atoms with Crippen molar-refractivity contribution in [2.75, 3.05) is 0 Å². The van der Waals surface area contributed by atoms with E-state index in [4.69, 9.17) is 5.11 Å². The largest absolute Gasteiger partial charge is 0.481 e. The molecule has 1 atom stereocenters. The maximum Gasteiger partial charge on any atom is 0.305 e. The van der Waals surface area contributed by atoms with Crippen molar-refractivity contribution in [2.45, 2.75) is 11.7 Å². The van der Waals surface area contributed by atoms with Crippen LogP contribution in [0.3, 0.4) is 0 Å². The number of nitrogens with zero attached hydrogens (tertiary/aromatic N) is 2. The number of thioether (sulfide) groups is 1. The SMILES string of the molecule is O=C(O)C[C@@H]1S/C(=N/N=C\c2ccccc2)NC1=O. The summed E-state index contributed by atoms with van der Waals surface area (Å²) < 4.78 is 0.